The van der Waals surface area contributed by atoms with Gasteiger partial charge in [0.05, 0.1) is 22.4 Å². The lowest BCUT2D eigenvalue weighted by atomic mass is 10.0. The number of ketones is 1. The Morgan fingerprint density at radius 1 is 0.741 bits per heavy atom. The zero-order chi connectivity index (χ0) is 18.6. The molecule has 4 aromatic rings. The second-order valence-corrected chi connectivity index (χ2v) is 6.53. The summed E-state index contributed by atoms with van der Waals surface area (Å²) in [5, 5.41) is 0. The van der Waals surface area contributed by atoms with Crippen LogP contribution >= 0.6 is 0 Å². The first-order valence-electron chi connectivity index (χ1n) is 9.22. The Morgan fingerprint density at radius 3 is 1.85 bits per heavy atom. The largest absolute Gasteiger partial charge is 0.294 e. The predicted molar refractivity (Wildman–Crippen MR) is 110 cm³/mol. The van der Waals surface area contributed by atoms with Crippen molar-refractivity contribution in [2.45, 2.75) is 19.8 Å². The van der Waals surface area contributed by atoms with E-state index in [1.54, 1.807) is 0 Å². The molecule has 3 heteroatoms. The van der Waals surface area contributed by atoms with E-state index in [-0.39, 0.29) is 5.78 Å². The predicted octanol–water partition coefficient (Wildman–Crippen LogP) is 5.95. The number of fused-ring (bicyclic) bond motifs is 1. The highest BCUT2D eigenvalue weighted by Crippen LogP contribution is 2.31. The first-order chi connectivity index (χ1) is 13.3. The standard InChI is InChI=1S/C24H20N2O/c1-2-9-22(27)19-14-15-20-21(16-19)26-24(18-12-7-4-8-13-18)23(25-20)17-10-5-3-6-11-17/h3-8,10-16H,2,9H2,1H3. The molecule has 1 aromatic heterocycles. The van der Waals surface area contributed by atoms with Crippen molar-refractivity contribution in [2.24, 2.45) is 0 Å². The van der Waals surface area contributed by atoms with E-state index in [0.717, 1.165) is 40.0 Å². The summed E-state index contributed by atoms with van der Waals surface area (Å²) in [5.41, 5.74) is 5.95. The molecule has 0 fully saturated rings. The van der Waals surface area contributed by atoms with Crippen LogP contribution < -0.4 is 0 Å². The van der Waals surface area contributed by atoms with E-state index in [0.29, 0.717) is 12.0 Å². The second kappa shape index (κ2) is 7.50. The van der Waals surface area contributed by atoms with E-state index in [4.69, 9.17) is 9.97 Å². The van der Waals surface area contributed by atoms with Gasteiger partial charge in [0.15, 0.2) is 5.78 Å². The molecule has 132 valence electrons. The number of benzene rings is 3. The molecule has 3 aromatic carbocycles. The van der Waals surface area contributed by atoms with Gasteiger partial charge in [-0.15, -0.1) is 0 Å². The molecule has 0 spiro atoms. The average molecular weight is 352 g/mol. The van der Waals surface area contributed by atoms with E-state index in [1.165, 1.54) is 0 Å². The number of carbonyl (C=O) groups excluding carboxylic acids is 1. The summed E-state index contributed by atoms with van der Waals surface area (Å²) >= 11 is 0. The molecule has 1 heterocycles. The summed E-state index contributed by atoms with van der Waals surface area (Å²) in [6.07, 6.45) is 1.39. The molecule has 0 unspecified atom stereocenters. The van der Waals surface area contributed by atoms with Crippen LogP contribution in [0.1, 0.15) is 30.1 Å². The lowest BCUT2D eigenvalue weighted by Gasteiger charge is -2.11. The normalized spacial score (nSPS) is 10.9. The summed E-state index contributed by atoms with van der Waals surface area (Å²) in [6.45, 7) is 2.01. The van der Waals surface area contributed by atoms with Gasteiger partial charge in [-0.2, -0.15) is 0 Å². The van der Waals surface area contributed by atoms with Gasteiger partial charge in [-0.1, -0.05) is 67.6 Å². The highest BCUT2D eigenvalue weighted by molar-refractivity contribution is 5.99. The lowest BCUT2D eigenvalue weighted by molar-refractivity contribution is 0.0982. The van der Waals surface area contributed by atoms with Crippen molar-refractivity contribution in [1.29, 1.82) is 0 Å². The molecular formula is C24H20N2O. The van der Waals surface area contributed by atoms with E-state index >= 15 is 0 Å². The van der Waals surface area contributed by atoms with Crippen LogP contribution in [0.15, 0.2) is 78.9 Å². The number of carbonyl (C=O) groups is 1. The molecule has 4 rings (SSSR count). The Morgan fingerprint density at radius 2 is 1.30 bits per heavy atom. The number of aromatic nitrogens is 2. The number of hydrogen-bond donors (Lipinski definition) is 0. The Kier molecular flexibility index (Phi) is 4.75. The van der Waals surface area contributed by atoms with Gasteiger partial charge < -0.3 is 0 Å². The fraction of sp³-hybridized carbons (Fsp3) is 0.125. The van der Waals surface area contributed by atoms with Crippen LogP contribution in [0.3, 0.4) is 0 Å². The third-order valence-electron chi connectivity index (χ3n) is 4.56. The van der Waals surface area contributed by atoms with Gasteiger partial charge in [-0.05, 0) is 24.6 Å². The zero-order valence-corrected chi connectivity index (χ0v) is 15.2. The van der Waals surface area contributed by atoms with Gasteiger partial charge in [-0.25, -0.2) is 9.97 Å². The Hall–Kier alpha value is -3.33. The van der Waals surface area contributed by atoms with Gasteiger partial charge >= 0.3 is 0 Å². The number of Topliss-reactive ketones (excluding diaryl/α,β-unsaturated/α-hetero) is 1. The van der Waals surface area contributed by atoms with Crippen LogP contribution in [0.4, 0.5) is 0 Å². The Labute approximate surface area is 158 Å². The molecular weight excluding hydrogens is 332 g/mol. The highest BCUT2D eigenvalue weighted by atomic mass is 16.1. The quantitative estimate of drug-likeness (QED) is 0.417. The van der Waals surface area contributed by atoms with Crippen molar-refractivity contribution in [3.8, 4) is 22.5 Å². The Balaban J connectivity index is 1.94. The van der Waals surface area contributed by atoms with Crippen molar-refractivity contribution in [1.82, 2.24) is 9.97 Å². The van der Waals surface area contributed by atoms with Gasteiger partial charge in [0.1, 0.15) is 0 Å². The molecule has 0 aliphatic carbocycles. The molecule has 3 nitrogen and oxygen atoms in total. The lowest BCUT2D eigenvalue weighted by Crippen LogP contribution is -2.00. The van der Waals surface area contributed by atoms with Crippen molar-refractivity contribution >= 4 is 16.8 Å². The van der Waals surface area contributed by atoms with Crippen LogP contribution in [-0.4, -0.2) is 15.8 Å². The van der Waals surface area contributed by atoms with Crippen molar-refractivity contribution < 1.29 is 4.79 Å². The van der Waals surface area contributed by atoms with Crippen LogP contribution in [0.2, 0.25) is 0 Å². The maximum absolute atomic E-state index is 12.3. The van der Waals surface area contributed by atoms with Gasteiger partial charge in [-0.3, -0.25) is 4.79 Å². The molecule has 0 N–H and O–H groups in total. The molecule has 0 radical (unpaired) electrons. The molecule has 0 atom stereocenters. The molecule has 0 amide bonds. The Bertz CT molecular complexity index is 1090. The monoisotopic (exact) mass is 352 g/mol. The second-order valence-electron chi connectivity index (χ2n) is 6.53. The molecule has 0 aliphatic rings. The topological polar surface area (TPSA) is 42.9 Å². The van der Waals surface area contributed by atoms with Crippen LogP contribution in [0.25, 0.3) is 33.5 Å². The third-order valence-corrected chi connectivity index (χ3v) is 4.56. The maximum atomic E-state index is 12.3. The van der Waals surface area contributed by atoms with Crippen molar-refractivity contribution in [2.75, 3.05) is 0 Å². The van der Waals surface area contributed by atoms with E-state index in [1.807, 2.05) is 85.8 Å². The summed E-state index contributed by atoms with van der Waals surface area (Å²) in [4.78, 5) is 22.1. The van der Waals surface area contributed by atoms with Crippen LogP contribution in [-0.2, 0) is 0 Å². The highest BCUT2D eigenvalue weighted by Gasteiger charge is 2.14. The fourth-order valence-electron chi connectivity index (χ4n) is 3.19. The first kappa shape index (κ1) is 17.1. The van der Waals surface area contributed by atoms with Crippen LogP contribution in [0.5, 0.6) is 0 Å². The fourth-order valence-corrected chi connectivity index (χ4v) is 3.19. The maximum Gasteiger partial charge on any atom is 0.162 e. The van der Waals surface area contributed by atoms with Crippen molar-refractivity contribution in [3.63, 3.8) is 0 Å². The molecule has 27 heavy (non-hydrogen) atoms. The first-order valence-corrected chi connectivity index (χ1v) is 9.22. The zero-order valence-electron chi connectivity index (χ0n) is 15.2. The molecule has 0 aliphatic heterocycles. The number of rotatable bonds is 5. The summed E-state index contributed by atoms with van der Waals surface area (Å²) < 4.78 is 0. The van der Waals surface area contributed by atoms with E-state index in [2.05, 4.69) is 0 Å². The van der Waals surface area contributed by atoms with E-state index in [9.17, 15) is 4.79 Å². The molecule has 0 bridgehead atoms. The van der Waals surface area contributed by atoms with Gasteiger partial charge in [0.25, 0.3) is 0 Å². The minimum absolute atomic E-state index is 0.148. The van der Waals surface area contributed by atoms with Crippen molar-refractivity contribution in [3.05, 3.63) is 84.4 Å². The minimum atomic E-state index is 0.148. The summed E-state index contributed by atoms with van der Waals surface area (Å²) in [7, 11) is 0. The van der Waals surface area contributed by atoms with E-state index < -0.39 is 0 Å². The summed E-state index contributed by atoms with van der Waals surface area (Å²) in [6, 6.07) is 25.7. The van der Waals surface area contributed by atoms with Gasteiger partial charge in [0, 0.05) is 23.1 Å². The average Bonchev–Trinajstić information content (AvgIpc) is 2.74. The summed E-state index contributed by atoms with van der Waals surface area (Å²) in [5.74, 6) is 0.148. The molecule has 0 saturated carbocycles. The van der Waals surface area contributed by atoms with Gasteiger partial charge in [0.2, 0.25) is 0 Å². The molecule has 0 saturated heterocycles. The SMILES string of the molecule is CCCC(=O)c1ccc2nc(-c3ccccc3)c(-c3ccccc3)nc2c1. The number of hydrogen-bond acceptors (Lipinski definition) is 3. The minimum Gasteiger partial charge on any atom is -0.294 e. The third kappa shape index (κ3) is 3.49. The van der Waals surface area contributed by atoms with Crippen LogP contribution in [0, 0.1) is 0 Å². The number of nitrogens with zero attached hydrogens (tertiary/aromatic N) is 2. The smallest absolute Gasteiger partial charge is 0.162 e.